The van der Waals surface area contributed by atoms with E-state index in [1.54, 1.807) is 11.9 Å². The minimum atomic E-state index is -5.29. The maximum absolute atomic E-state index is 12.9. The number of carbonyl (C=O) groups is 1. The number of fused-ring (bicyclic) bond motifs is 1. The summed E-state index contributed by atoms with van der Waals surface area (Å²) in [4.78, 5) is 26.1. The van der Waals surface area contributed by atoms with E-state index in [1.165, 1.54) is 12.1 Å². The molecule has 0 radical (unpaired) electrons. The van der Waals surface area contributed by atoms with Gasteiger partial charge in [-0.05, 0) is 32.1 Å². The summed E-state index contributed by atoms with van der Waals surface area (Å²) in [6, 6.07) is 6.16. The number of benzene rings is 2. The van der Waals surface area contributed by atoms with E-state index < -0.39 is 64.2 Å². The normalized spacial score (nSPS) is 18.9. The van der Waals surface area contributed by atoms with E-state index in [1.807, 2.05) is 0 Å². The molecule has 1 aromatic heterocycles. The van der Waals surface area contributed by atoms with E-state index >= 15 is 0 Å². The highest BCUT2D eigenvalue weighted by molar-refractivity contribution is 5.90. The van der Waals surface area contributed by atoms with Crippen LogP contribution < -0.4 is 10.2 Å². The van der Waals surface area contributed by atoms with E-state index in [-0.39, 0.29) is 29.9 Å². The maximum Gasteiger partial charge on any atom is 0.573 e. The second kappa shape index (κ2) is 9.74. The van der Waals surface area contributed by atoms with Gasteiger partial charge in [0.15, 0.2) is 5.43 Å². The van der Waals surface area contributed by atoms with Gasteiger partial charge in [-0.15, -0.1) is 13.2 Å². The Morgan fingerprint density at radius 1 is 1.08 bits per heavy atom. The van der Waals surface area contributed by atoms with Crippen LogP contribution in [0.25, 0.3) is 22.3 Å². The number of phenols is 2. The molecule has 2 N–H and O–H groups in total. The zero-order valence-corrected chi connectivity index (χ0v) is 19.4. The lowest BCUT2D eigenvalue weighted by Crippen LogP contribution is -2.45. The topological polar surface area (TPSA) is 109 Å². The van der Waals surface area contributed by atoms with E-state index in [0.29, 0.717) is 6.54 Å². The van der Waals surface area contributed by atoms with Crippen molar-refractivity contribution in [3.8, 4) is 28.6 Å². The lowest BCUT2D eigenvalue weighted by molar-refractivity contribution is -0.274. The van der Waals surface area contributed by atoms with Gasteiger partial charge in [-0.1, -0.05) is 12.1 Å². The lowest BCUT2D eigenvalue weighted by Gasteiger charge is -2.36. The molecule has 4 rings (SSSR count). The number of alkyl halides is 6. The van der Waals surface area contributed by atoms with Crippen molar-refractivity contribution in [1.29, 1.82) is 0 Å². The standard InChI is InChI=1S/C24H19F6NO7/c1-31-6-5-13(18(10-31)37-22(35)23(25,26)27)19-14(32)8-15(33)20-16(34)9-17(36-21(19)20)11-3-2-4-12(7-11)38-24(28,29)30/h2-4,7-9,13,18,32-33H,5-6,10H2,1H3/t13-,18+/m0/s1. The lowest BCUT2D eigenvalue weighted by atomic mass is 9.85. The summed E-state index contributed by atoms with van der Waals surface area (Å²) in [6.45, 7) is 0.141. The van der Waals surface area contributed by atoms with Crippen LogP contribution in [-0.4, -0.2) is 59.9 Å². The number of carbonyl (C=O) groups excluding carboxylic acids is 1. The van der Waals surface area contributed by atoms with Gasteiger partial charge in [0, 0.05) is 35.7 Å². The molecule has 204 valence electrons. The summed E-state index contributed by atoms with van der Waals surface area (Å²) >= 11 is 0. The second-order valence-corrected chi connectivity index (χ2v) is 8.68. The van der Waals surface area contributed by atoms with Crippen molar-refractivity contribution >= 4 is 16.9 Å². The minimum Gasteiger partial charge on any atom is -0.507 e. The first-order chi connectivity index (χ1) is 17.6. The Morgan fingerprint density at radius 3 is 2.45 bits per heavy atom. The van der Waals surface area contributed by atoms with Crippen LogP contribution in [0.4, 0.5) is 26.3 Å². The fraction of sp³-hybridized carbons (Fsp3) is 0.333. The average Bonchev–Trinajstić information content (AvgIpc) is 2.78. The number of likely N-dealkylation sites (N-methyl/N-ethyl adjacent to an activating group) is 1. The molecule has 0 bridgehead atoms. The number of ether oxygens (including phenoxy) is 2. The SMILES string of the molecule is CN1CC[C@H](c2c(O)cc(O)c3c(=O)cc(-c4cccc(OC(F)(F)F)c4)oc23)[C@H](OC(=O)C(F)(F)F)C1. The molecule has 0 spiro atoms. The van der Waals surface area contributed by atoms with E-state index in [0.717, 1.165) is 24.3 Å². The van der Waals surface area contributed by atoms with Crippen molar-refractivity contribution in [2.75, 3.05) is 20.1 Å². The van der Waals surface area contributed by atoms with Crippen molar-refractivity contribution in [3.63, 3.8) is 0 Å². The molecule has 0 saturated carbocycles. The minimum absolute atomic E-state index is 0.0389. The molecule has 0 amide bonds. The number of likely N-dealkylation sites (tertiary alicyclic amines) is 1. The molecule has 1 saturated heterocycles. The highest BCUT2D eigenvalue weighted by Crippen LogP contribution is 2.43. The smallest absolute Gasteiger partial charge is 0.507 e. The third kappa shape index (κ3) is 5.64. The zero-order valence-electron chi connectivity index (χ0n) is 19.4. The van der Waals surface area contributed by atoms with Crippen LogP contribution in [0.15, 0.2) is 45.6 Å². The van der Waals surface area contributed by atoms with Gasteiger partial charge >= 0.3 is 18.5 Å². The van der Waals surface area contributed by atoms with Crippen LogP contribution in [0, 0.1) is 0 Å². The van der Waals surface area contributed by atoms with Crippen LogP contribution in [-0.2, 0) is 9.53 Å². The quantitative estimate of drug-likeness (QED) is 0.359. The van der Waals surface area contributed by atoms with Crippen molar-refractivity contribution < 1.29 is 55.2 Å². The number of phenolic OH excluding ortho intramolecular Hbond substituents is 2. The van der Waals surface area contributed by atoms with Gasteiger partial charge in [0.1, 0.15) is 40.1 Å². The molecule has 1 aliphatic rings. The van der Waals surface area contributed by atoms with Gasteiger partial charge < -0.3 is 29.0 Å². The van der Waals surface area contributed by atoms with Gasteiger partial charge in [-0.25, -0.2) is 4.79 Å². The molecule has 1 fully saturated rings. The van der Waals surface area contributed by atoms with Gasteiger partial charge in [0.05, 0.1) is 0 Å². The monoisotopic (exact) mass is 547 g/mol. The molecule has 2 aromatic carbocycles. The Hall–Kier alpha value is -3.94. The van der Waals surface area contributed by atoms with Gasteiger partial charge in [-0.3, -0.25) is 4.79 Å². The number of nitrogens with zero attached hydrogens (tertiary/aromatic N) is 1. The molecule has 0 unspecified atom stereocenters. The molecule has 38 heavy (non-hydrogen) atoms. The summed E-state index contributed by atoms with van der Waals surface area (Å²) < 4.78 is 91.2. The van der Waals surface area contributed by atoms with Crippen LogP contribution in [0.1, 0.15) is 17.9 Å². The molecule has 8 nitrogen and oxygen atoms in total. The molecular weight excluding hydrogens is 528 g/mol. The van der Waals surface area contributed by atoms with Crippen LogP contribution in [0.5, 0.6) is 17.2 Å². The first-order valence-corrected chi connectivity index (χ1v) is 11.0. The van der Waals surface area contributed by atoms with E-state index in [4.69, 9.17) is 9.15 Å². The highest BCUT2D eigenvalue weighted by Gasteiger charge is 2.45. The van der Waals surface area contributed by atoms with E-state index in [2.05, 4.69) is 4.74 Å². The molecule has 3 aromatic rings. The van der Waals surface area contributed by atoms with E-state index in [9.17, 15) is 46.1 Å². The fourth-order valence-electron chi connectivity index (χ4n) is 4.39. The Morgan fingerprint density at radius 2 is 1.79 bits per heavy atom. The summed E-state index contributed by atoms with van der Waals surface area (Å²) in [5.41, 5.74) is -1.51. The largest absolute Gasteiger partial charge is 0.573 e. The number of hydrogen-bond acceptors (Lipinski definition) is 8. The highest BCUT2D eigenvalue weighted by atomic mass is 19.4. The van der Waals surface area contributed by atoms with Crippen LogP contribution >= 0.6 is 0 Å². The van der Waals surface area contributed by atoms with Gasteiger partial charge in [0.2, 0.25) is 0 Å². The zero-order chi connectivity index (χ0) is 28.0. The summed E-state index contributed by atoms with van der Waals surface area (Å²) in [7, 11) is 1.58. The van der Waals surface area contributed by atoms with Crippen molar-refractivity contribution in [1.82, 2.24) is 4.90 Å². The van der Waals surface area contributed by atoms with Gasteiger partial charge in [0.25, 0.3) is 0 Å². The third-order valence-electron chi connectivity index (χ3n) is 5.97. The Balaban J connectivity index is 1.87. The fourth-order valence-corrected chi connectivity index (χ4v) is 4.39. The Bertz CT molecular complexity index is 1430. The molecule has 1 aliphatic heterocycles. The number of halogens is 6. The molecule has 2 atom stereocenters. The number of hydrogen-bond donors (Lipinski definition) is 2. The van der Waals surface area contributed by atoms with Crippen molar-refractivity contribution in [2.45, 2.75) is 31.0 Å². The third-order valence-corrected chi connectivity index (χ3v) is 5.97. The van der Waals surface area contributed by atoms with Gasteiger partial charge in [-0.2, -0.15) is 13.2 Å². The maximum atomic E-state index is 12.9. The molecular formula is C24H19F6NO7. The number of aromatic hydroxyl groups is 2. The Kier molecular flexibility index (Phi) is 6.95. The Labute approximate surface area is 209 Å². The predicted octanol–water partition coefficient (Wildman–Crippen LogP) is 4.66. The molecule has 0 aliphatic carbocycles. The molecule has 2 heterocycles. The second-order valence-electron chi connectivity index (χ2n) is 8.68. The summed E-state index contributed by atoms with van der Waals surface area (Å²) in [5.74, 6) is -5.79. The van der Waals surface area contributed by atoms with Crippen molar-refractivity contribution in [2.24, 2.45) is 0 Å². The summed E-state index contributed by atoms with van der Waals surface area (Å²) in [5, 5.41) is 20.6. The number of esters is 1. The molecule has 14 heteroatoms. The van der Waals surface area contributed by atoms with Crippen LogP contribution in [0.3, 0.4) is 0 Å². The van der Waals surface area contributed by atoms with Crippen LogP contribution in [0.2, 0.25) is 0 Å². The number of rotatable bonds is 4. The first kappa shape index (κ1) is 27.1. The average molecular weight is 547 g/mol. The van der Waals surface area contributed by atoms with Crippen molar-refractivity contribution in [3.05, 3.63) is 52.2 Å². The number of piperidine rings is 1. The summed E-state index contributed by atoms with van der Waals surface area (Å²) in [6.07, 6.45) is -11.7. The predicted molar refractivity (Wildman–Crippen MR) is 119 cm³/mol. The first-order valence-electron chi connectivity index (χ1n) is 11.0.